The fourth-order valence-corrected chi connectivity index (χ4v) is 2.02. The van der Waals surface area contributed by atoms with E-state index >= 15 is 0 Å². The summed E-state index contributed by atoms with van der Waals surface area (Å²) in [5, 5.41) is 28.8. The normalized spacial score (nSPS) is 12.3. The molecule has 0 saturated heterocycles. The Labute approximate surface area is 112 Å². The Kier molecular flexibility index (Phi) is 4.07. The van der Waals surface area contributed by atoms with Gasteiger partial charge in [0.1, 0.15) is 11.5 Å². The first-order valence-corrected chi connectivity index (χ1v) is 6.31. The van der Waals surface area contributed by atoms with Crippen LogP contribution in [0, 0.1) is 0 Å². The van der Waals surface area contributed by atoms with E-state index in [9.17, 15) is 15.3 Å². The third kappa shape index (κ3) is 3.06. The Morgan fingerprint density at radius 1 is 0.947 bits per heavy atom. The second kappa shape index (κ2) is 5.76. The number of para-hydroxylation sites is 1. The van der Waals surface area contributed by atoms with Crippen molar-refractivity contribution in [3.8, 4) is 11.5 Å². The minimum atomic E-state index is 0.0312. The van der Waals surface area contributed by atoms with Crippen LogP contribution < -0.4 is 0 Å². The van der Waals surface area contributed by atoms with E-state index < -0.39 is 0 Å². The van der Waals surface area contributed by atoms with Crippen molar-refractivity contribution in [3.63, 3.8) is 0 Å². The average molecular weight is 258 g/mol. The third-order valence-electron chi connectivity index (χ3n) is 3.32. The second-order valence-corrected chi connectivity index (χ2v) is 4.78. The van der Waals surface area contributed by atoms with Gasteiger partial charge in [0, 0.05) is 18.9 Å². The van der Waals surface area contributed by atoms with Crippen molar-refractivity contribution < 1.29 is 15.3 Å². The van der Waals surface area contributed by atoms with Crippen molar-refractivity contribution in [2.75, 3.05) is 6.61 Å². The monoisotopic (exact) mass is 258 g/mol. The van der Waals surface area contributed by atoms with Crippen LogP contribution in [0.5, 0.6) is 11.5 Å². The molecule has 2 aromatic carbocycles. The number of hydrogen-bond acceptors (Lipinski definition) is 3. The van der Waals surface area contributed by atoms with E-state index in [1.54, 1.807) is 18.2 Å². The van der Waals surface area contributed by atoms with Crippen molar-refractivity contribution in [2.45, 2.75) is 19.3 Å². The largest absolute Gasteiger partial charge is 0.508 e. The van der Waals surface area contributed by atoms with Crippen molar-refractivity contribution in [1.29, 1.82) is 0 Å². The minimum Gasteiger partial charge on any atom is -0.508 e. The molecule has 0 spiro atoms. The van der Waals surface area contributed by atoms with Crippen LogP contribution in [0.4, 0.5) is 0 Å². The van der Waals surface area contributed by atoms with Gasteiger partial charge in [-0.05, 0) is 28.8 Å². The molecule has 0 aliphatic rings. The van der Waals surface area contributed by atoms with Crippen LogP contribution in [0.15, 0.2) is 42.5 Å². The van der Waals surface area contributed by atoms with E-state index in [4.69, 9.17) is 0 Å². The minimum absolute atomic E-state index is 0.0312. The van der Waals surface area contributed by atoms with Crippen LogP contribution in [-0.4, -0.2) is 21.9 Å². The lowest BCUT2D eigenvalue weighted by molar-refractivity contribution is 0.273. The first kappa shape index (κ1) is 13.4. The number of hydrogen-bond donors (Lipinski definition) is 3. The summed E-state index contributed by atoms with van der Waals surface area (Å²) >= 11 is 0. The number of rotatable bonds is 4. The second-order valence-electron chi connectivity index (χ2n) is 4.78. The number of aliphatic hydroxyl groups excluding tert-OH is 1. The summed E-state index contributed by atoms with van der Waals surface area (Å²) in [5.41, 5.74) is 2.50. The summed E-state index contributed by atoms with van der Waals surface area (Å²) < 4.78 is 0. The van der Waals surface area contributed by atoms with Crippen LogP contribution >= 0.6 is 0 Å². The van der Waals surface area contributed by atoms with Gasteiger partial charge in [-0.2, -0.15) is 0 Å². The lowest BCUT2D eigenvalue weighted by Crippen LogP contribution is -2.00. The van der Waals surface area contributed by atoms with E-state index in [2.05, 4.69) is 0 Å². The summed E-state index contributed by atoms with van der Waals surface area (Å²) in [6.07, 6.45) is 0.463. The summed E-state index contributed by atoms with van der Waals surface area (Å²) in [6.45, 7) is 2.00. The fraction of sp³-hybridized carbons (Fsp3) is 0.250. The molecule has 1 atom stereocenters. The molecule has 0 radical (unpaired) electrons. The highest BCUT2D eigenvalue weighted by molar-refractivity contribution is 5.43. The lowest BCUT2D eigenvalue weighted by atomic mass is 9.96. The molecule has 0 aliphatic carbocycles. The highest BCUT2D eigenvalue weighted by Crippen LogP contribution is 2.28. The molecule has 1 unspecified atom stereocenters. The zero-order chi connectivity index (χ0) is 13.8. The molecule has 0 aromatic heterocycles. The molecule has 0 amide bonds. The molecular formula is C16H18O3. The fourth-order valence-electron chi connectivity index (χ4n) is 2.02. The van der Waals surface area contributed by atoms with Crippen molar-refractivity contribution >= 4 is 0 Å². The maximum Gasteiger partial charge on any atom is 0.119 e. The number of aliphatic hydroxyl groups is 1. The molecule has 3 heteroatoms. The Balaban J connectivity index is 2.32. The molecule has 3 nitrogen and oxygen atoms in total. The Morgan fingerprint density at radius 3 is 2.32 bits per heavy atom. The molecule has 3 N–H and O–H groups in total. The Morgan fingerprint density at radius 2 is 1.63 bits per heavy atom. The predicted molar refractivity (Wildman–Crippen MR) is 74.5 cm³/mol. The molecule has 0 saturated carbocycles. The van der Waals surface area contributed by atoms with Crippen LogP contribution in [0.2, 0.25) is 0 Å². The van der Waals surface area contributed by atoms with Gasteiger partial charge < -0.3 is 15.3 Å². The van der Waals surface area contributed by atoms with Gasteiger partial charge in [-0.15, -0.1) is 0 Å². The quantitative estimate of drug-likeness (QED) is 0.790. The standard InChI is InChI=1S/C16H18O3/c1-11(10-17)12-6-7-16(19)14(8-12)9-13-4-2-3-5-15(13)18/h2-8,11,17-19H,9-10H2,1H3. The zero-order valence-corrected chi connectivity index (χ0v) is 10.9. The number of phenolic OH excluding ortho intramolecular Hbond substituents is 2. The van der Waals surface area contributed by atoms with Crippen LogP contribution in [-0.2, 0) is 6.42 Å². The third-order valence-corrected chi connectivity index (χ3v) is 3.32. The Bertz CT molecular complexity index is 564. The van der Waals surface area contributed by atoms with Crippen LogP contribution in [0.25, 0.3) is 0 Å². The van der Waals surface area contributed by atoms with E-state index in [1.807, 2.05) is 31.2 Å². The van der Waals surface area contributed by atoms with Gasteiger partial charge in [0.15, 0.2) is 0 Å². The molecule has 0 fully saturated rings. The number of phenols is 2. The van der Waals surface area contributed by atoms with Gasteiger partial charge in [0.25, 0.3) is 0 Å². The van der Waals surface area contributed by atoms with E-state index in [1.165, 1.54) is 0 Å². The van der Waals surface area contributed by atoms with Gasteiger partial charge in [-0.25, -0.2) is 0 Å². The highest BCUT2D eigenvalue weighted by Gasteiger charge is 2.10. The van der Waals surface area contributed by atoms with E-state index in [0.717, 1.165) is 16.7 Å². The molecule has 0 heterocycles. The zero-order valence-electron chi connectivity index (χ0n) is 10.9. The topological polar surface area (TPSA) is 60.7 Å². The summed E-state index contributed by atoms with van der Waals surface area (Å²) in [4.78, 5) is 0. The first-order valence-electron chi connectivity index (χ1n) is 6.31. The molecular weight excluding hydrogens is 240 g/mol. The van der Waals surface area contributed by atoms with Gasteiger partial charge in [-0.3, -0.25) is 0 Å². The average Bonchev–Trinajstić information content (AvgIpc) is 2.42. The van der Waals surface area contributed by atoms with Crippen LogP contribution in [0.1, 0.15) is 29.5 Å². The summed E-state index contributed by atoms with van der Waals surface area (Å²) in [7, 11) is 0. The highest BCUT2D eigenvalue weighted by atomic mass is 16.3. The van der Waals surface area contributed by atoms with Gasteiger partial charge >= 0.3 is 0 Å². The molecule has 19 heavy (non-hydrogen) atoms. The molecule has 0 bridgehead atoms. The lowest BCUT2D eigenvalue weighted by Gasteiger charge is -2.12. The van der Waals surface area contributed by atoms with Crippen LogP contribution in [0.3, 0.4) is 0 Å². The Hall–Kier alpha value is -2.00. The summed E-state index contributed by atoms with van der Waals surface area (Å²) in [6, 6.07) is 12.4. The van der Waals surface area contributed by atoms with Gasteiger partial charge in [0.2, 0.25) is 0 Å². The van der Waals surface area contributed by atoms with Crippen molar-refractivity contribution in [3.05, 3.63) is 59.2 Å². The van der Waals surface area contributed by atoms with Crippen molar-refractivity contribution in [2.24, 2.45) is 0 Å². The number of aromatic hydroxyl groups is 2. The van der Waals surface area contributed by atoms with Gasteiger partial charge in [-0.1, -0.05) is 37.3 Å². The van der Waals surface area contributed by atoms with Gasteiger partial charge in [0.05, 0.1) is 0 Å². The van der Waals surface area contributed by atoms with Crippen molar-refractivity contribution in [1.82, 2.24) is 0 Å². The molecule has 100 valence electrons. The number of benzene rings is 2. The van der Waals surface area contributed by atoms with E-state index in [-0.39, 0.29) is 24.0 Å². The maximum absolute atomic E-state index is 9.90. The summed E-state index contributed by atoms with van der Waals surface area (Å²) in [5.74, 6) is 0.461. The maximum atomic E-state index is 9.90. The predicted octanol–water partition coefficient (Wildman–Crippen LogP) is 2.78. The van der Waals surface area contributed by atoms with E-state index in [0.29, 0.717) is 6.42 Å². The smallest absolute Gasteiger partial charge is 0.119 e. The SMILES string of the molecule is CC(CO)c1ccc(O)c(Cc2ccccc2O)c1. The molecule has 2 rings (SSSR count). The molecule has 2 aromatic rings. The molecule has 0 aliphatic heterocycles. The first-order chi connectivity index (χ1) is 9.11.